The van der Waals surface area contributed by atoms with Crippen LogP contribution in [0.2, 0.25) is 0 Å². The summed E-state index contributed by atoms with van der Waals surface area (Å²) in [6, 6.07) is 0.923. The van der Waals surface area contributed by atoms with Gasteiger partial charge < -0.3 is 49.6 Å². The Kier molecular flexibility index (Phi) is 8.81. The molecular weight excluding hydrogens is 542 g/mol. The van der Waals surface area contributed by atoms with Crippen LogP contribution in [0.5, 0.6) is 0 Å². The largest absolute Gasteiger partial charge is 0.483 e. The first-order valence-electron chi connectivity index (χ1n) is 9.83. The van der Waals surface area contributed by atoms with Crippen LogP contribution in [-0.2, 0) is 36.8 Å². The Bertz CT molecular complexity index is 1160. The molecule has 0 spiro atoms. The van der Waals surface area contributed by atoms with Crippen molar-refractivity contribution >= 4 is 21.9 Å². The summed E-state index contributed by atoms with van der Waals surface area (Å²) in [6.45, 7) is -1.04. The van der Waals surface area contributed by atoms with Gasteiger partial charge in [-0.15, -0.1) is 0 Å². The molecule has 1 aromatic rings. The van der Waals surface area contributed by atoms with E-state index in [1.54, 1.807) is 0 Å². The smallest absolute Gasteiger partial charge is 0.387 e. The number of hydrogen-bond acceptors (Lipinski definition) is 15. The van der Waals surface area contributed by atoms with E-state index in [-0.39, 0.29) is 6.29 Å². The highest BCUT2D eigenvalue weighted by Gasteiger charge is 2.49. The van der Waals surface area contributed by atoms with Crippen LogP contribution >= 0.6 is 15.6 Å². The molecule has 1 aromatic heterocycles. The van der Waals surface area contributed by atoms with Crippen molar-refractivity contribution in [2.45, 2.75) is 55.2 Å². The number of aromatic amines is 1. The van der Waals surface area contributed by atoms with E-state index in [0.29, 0.717) is 4.57 Å². The Hall–Kier alpha value is -1.67. The third-order valence-electron chi connectivity index (χ3n) is 5.05. The van der Waals surface area contributed by atoms with Gasteiger partial charge in [0.2, 0.25) is 0 Å². The van der Waals surface area contributed by atoms with Gasteiger partial charge >= 0.3 is 21.3 Å². The second-order valence-electron chi connectivity index (χ2n) is 7.56. The lowest BCUT2D eigenvalue weighted by Crippen LogP contribution is -2.58. The van der Waals surface area contributed by atoms with Gasteiger partial charge in [-0.3, -0.25) is 23.4 Å². The number of ether oxygens (including phenoxy) is 2. The maximum atomic E-state index is 12.1. The first kappa shape index (κ1) is 28.9. The first-order valence-corrected chi connectivity index (χ1v) is 12.8. The molecule has 11 atom stereocenters. The third kappa shape index (κ3) is 6.42. The minimum atomic E-state index is -5.63. The monoisotopic (exact) mass is 564 g/mol. The van der Waals surface area contributed by atoms with Gasteiger partial charge in [-0.2, -0.15) is 4.31 Å². The van der Waals surface area contributed by atoms with Crippen molar-refractivity contribution in [2.75, 3.05) is 6.61 Å². The van der Waals surface area contributed by atoms with Crippen molar-refractivity contribution in [1.82, 2.24) is 9.55 Å². The van der Waals surface area contributed by atoms with Gasteiger partial charge in [-0.05, 0) is 0 Å². The highest BCUT2D eigenvalue weighted by atomic mass is 31.3. The van der Waals surface area contributed by atoms with Crippen molar-refractivity contribution in [2.24, 2.45) is 0 Å². The molecule has 2 fully saturated rings. The average Bonchev–Trinajstić information content (AvgIpc) is 3.06. The van der Waals surface area contributed by atoms with E-state index in [1.165, 1.54) is 0 Å². The lowest BCUT2D eigenvalue weighted by atomic mass is 10.00. The number of nitrogens with one attached hydrogen (secondary N) is 1. The molecule has 8 N–H and O–H groups in total. The summed E-state index contributed by atoms with van der Waals surface area (Å²) in [6.07, 6.45) is -16.0. The SMILES string of the molecule is O=C[C@H]1O[C@H](OP(=O)(O)OP(=O)(O)OC[C@H]2O[C@@H](n3ccc(=O)[nH]c3=O)[C@H](O)[C@@H]2O)[C@H](O)[C@@H](O)[C@@H]1O. The summed E-state index contributed by atoms with van der Waals surface area (Å²) in [5.41, 5.74) is -1.76. The molecular formula is C15H22N2O17P2. The molecule has 2 aliphatic heterocycles. The van der Waals surface area contributed by atoms with Crippen molar-refractivity contribution in [1.29, 1.82) is 0 Å². The number of aromatic nitrogens is 2. The second kappa shape index (κ2) is 11.0. The van der Waals surface area contributed by atoms with Crippen molar-refractivity contribution in [3.05, 3.63) is 33.1 Å². The molecule has 36 heavy (non-hydrogen) atoms. The van der Waals surface area contributed by atoms with Gasteiger partial charge in [-0.1, -0.05) is 0 Å². The predicted octanol–water partition coefficient (Wildman–Crippen LogP) is -4.59. The number of phosphoric acid groups is 2. The number of carbonyl (C=O) groups excluding carboxylic acids is 1. The maximum absolute atomic E-state index is 12.1. The van der Waals surface area contributed by atoms with Gasteiger partial charge in [0.05, 0.1) is 6.61 Å². The highest BCUT2D eigenvalue weighted by molar-refractivity contribution is 7.61. The minimum Gasteiger partial charge on any atom is -0.387 e. The Labute approximate surface area is 199 Å². The summed E-state index contributed by atoms with van der Waals surface area (Å²) in [5, 5.41) is 49.3. The van der Waals surface area contributed by atoms with Crippen molar-refractivity contribution < 1.29 is 72.1 Å². The molecule has 2 aliphatic rings. The molecule has 0 radical (unpaired) electrons. The number of aliphatic hydroxyl groups is 5. The fourth-order valence-corrected chi connectivity index (χ4v) is 5.43. The van der Waals surface area contributed by atoms with Gasteiger partial charge in [0.1, 0.15) is 42.7 Å². The van der Waals surface area contributed by atoms with Crippen LogP contribution in [0.1, 0.15) is 6.23 Å². The summed E-state index contributed by atoms with van der Waals surface area (Å²) < 4.78 is 47.8. The topological polar surface area (TPSA) is 294 Å². The number of carbonyl (C=O) groups is 1. The summed E-state index contributed by atoms with van der Waals surface area (Å²) >= 11 is 0. The zero-order valence-electron chi connectivity index (χ0n) is 17.7. The average molecular weight is 564 g/mol. The lowest BCUT2D eigenvalue weighted by Gasteiger charge is -2.38. The highest BCUT2D eigenvalue weighted by Crippen LogP contribution is 2.61. The van der Waals surface area contributed by atoms with E-state index in [2.05, 4.69) is 13.4 Å². The van der Waals surface area contributed by atoms with Crippen LogP contribution in [-0.4, -0.2) is 107 Å². The van der Waals surface area contributed by atoms with Crippen LogP contribution in [0.15, 0.2) is 21.9 Å². The number of aliphatic hydroxyl groups excluding tert-OH is 5. The Morgan fingerprint density at radius 1 is 0.972 bits per heavy atom. The minimum absolute atomic E-state index is 0.00486. The molecule has 2 saturated heterocycles. The van der Waals surface area contributed by atoms with Gasteiger partial charge in [-0.25, -0.2) is 13.9 Å². The van der Waals surface area contributed by atoms with Crippen LogP contribution in [0.25, 0.3) is 0 Å². The Morgan fingerprint density at radius 3 is 2.25 bits per heavy atom. The number of hydrogen-bond donors (Lipinski definition) is 8. The van der Waals surface area contributed by atoms with Crippen molar-refractivity contribution in [3.8, 4) is 0 Å². The fourth-order valence-electron chi connectivity index (χ4n) is 3.27. The fraction of sp³-hybridized carbons (Fsp3) is 0.667. The van der Waals surface area contributed by atoms with E-state index >= 15 is 0 Å². The zero-order chi connectivity index (χ0) is 27.0. The molecule has 21 heteroatoms. The number of H-pyrrole nitrogens is 1. The maximum Gasteiger partial charge on any atom is 0.483 e. The van der Waals surface area contributed by atoms with Gasteiger partial charge in [0.15, 0.2) is 18.8 Å². The molecule has 0 saturated carbocycles. The molecule has 0 aromatic carbocycles. The number of aldehydes is 1. The quantitative estimate of drug-likeness (QED) is 0.103. The molecule has 204 valence electrons. The first-order chi connectivity index (χ1) is 16.7. The van der Waals surface area contributed by atoms with E-state index in [1.807, 2.05) is 4.98 Å². The molecule has 0 aliphatic carbocycles. The summed E-state index contributed by atoms with van der Waals surface area (Å²) in [4.78, 5) is 55.3. The number of nitrogens with zero attached hydrogens (tertiary/aromatic N) is 1. The number of phosphoric ester groups is 2. The van der Waals surface area contributed by atoms with Gasteiger partial charge in [0, 0.05) is 12.3 Å². The van der Waals surface area contributed by atoms with Crippen LogP contribution < -0.4 is 11.2 Å². The molecule has 0 bridgehead atoms. The molecule has 0 amide bonds. The number of rotatable bonds is 9. The lowest BCUT2D eigenvalue weighted by molar-refractivity contribution is -0.266. The molecule has 19 nitrogen and oxygen atoms in total. The van der Waals surface area contributed by atoms with Crippen molar-refractivity contribution in [3.63, 3.8) is 0 Å². The summed E-state index contributed by atoms with van der Waals surface area (Å²) in [5.74, 6) is 0. The van der Waals surface area contributed by atoms with Crippen LogP contribution in [0.3, 0.4) is 0 Å². The Morgan fingerprint density at radius 2 is 1.64 bits per heavy atom. The van der Waals surface area contributed by atoms with Crippen LogP contribution in [0, 0.1) is 0 Å². The van der Waals surface area contributed by atoms with E-state index < -0.39 is 88.7 Å². The van der Waals surface area contributed by atoms with E-state index in [0.717, 1.165) is 12.3 Å². The molecule has 3 heterocycles. The standard InChI is InChI=1S/C15H22N2O17P2/c18-3-5-8(20)10(22)12(24)14(32-5)33-36(28,29)34-35(26,27)30-4-6-9(21)11(23)13(31-6)17-2-1-7(19)16-15(17)25/h1-3,5-6,8-14,20-24H,4H2,(H,26,27)(H,28,29)(H,16,19,25)/t5-,6-,8-,9-,10+,11-,12-,13-,14-/m1/s1. The van der Waals surface area contributed by atoms with Crippen LogP contribution in [0.4, 0.5) is 0 Å². The second-order valence-corrected chi connectivity index (χ2v) is 10.6. The Balaban J connectivity index is 1.62. The predicted molar refractivity (Wildman–Crippen MR) is 108 cm³/mol. The molecule has 2 unspecified atom stereocenters. The molecule has 3 rings (SSSR count). The van der Waals surface area contributed by atoms with Gasteiger partial charge in [0.25, 0.3) is 5.56 Å². The van der Waals surface area contributed by atoms with E-state index in [4.69, 9.17) is 9.47 Å². The van der Waals surface area contributed by atoms with E-state index in [9.17, 15) is 58.8 Å². The summed E-state index contributed by atoms with van der Waals surface area (Å²) in [7, 11) is -11.1. The normalized spacial score (nSPS) is 38.2. The zero-order valence-corrected chi connectivity index (χ0v) is 19.5. The third-order valence-corrected chi connectivity index (χ3v) is 7.65.